The van der Waals surface area contributed by atoms with Crippen LogP contribution >= 0.6 is 0 Å². The highest BCUT2D eigenvalue weighted by Gasteiger charge is 2.19. The van der Waals surface area contributed by atoms with Crippen molar-refractivity contribution in [3.63, 3.8) is 0 Å². The molecule has 0 radical (unpaired) electrons. The second-order valence-electron chi connectivity index (χ2n) is 14.2. The number of hydrogen-bond acceptors (Lipinski definition) is 6. The second-order valence-corrected chi connectivity index (χ2v) is 14.2. The van der Waals surface area contributed by atoms with Crippen LogP contribution in [0.1, 0.15) is 201 Å². The Hall–Kier alpha value is -2.89. The minimum atomic E-state index is -0.779. The Balaban J connectivity index is 4.27. The number of unbranched alkanes of at least 4 members (excludes halogenated alkanes) is 17. The molecule has 0 spiro atoms. The van der Waals surface area contributed by atoms with Gasteiger partial charge in [-0.3, -0.25) is 14.4 Å². The van der Waals surface area contributed by atoms with Crippen LogP contribution in [-0.4, -0.2) is 37.2 Å². The molecule has 0 saturated heterocycles. The normalized spacial score (nSPS) is 12.6. The maximum absolute atomic E-state index is 12.6. The molecule has 0 N–H and O–H groups in total. The predicted molar refractivity (Wildman–Crippen MR) is 224 cm³/mol. The molecule has 0 aliphatic carbocycles. The average Bonchev–Trinajstić information content (AvgIpc) is 3.15. The van der Waals surface area contributed by atoms with Gasteiger partial charge in [0, 0.05) is 19.3 Å². The van der Waals surface area contributed by atoms with Gasteiger partial charge < -0.3 is 14.2 Å². The molecular weight excluding hydrogens is 661 g/mol. The van der Waals surface area contributed by atoms with Crippen molar-refractivity contribution >= 4 is 17.9 Å². The van der Waals surface area contributed by atoms with Crippen LogP contribution in [0.25, 0.3) is 0 Å². The summed E-state index contributed by atoms with van der Waals surface area (Å²) in [5.41, 5.74) is 0. The van der Waals surface area contributed by atoms with E-state index in [-0.39, 0.29) is 31.1 Å². The molecule has 0 aliphatic rings. The minimum Gasteiger partial charge on any atom is -0.462 e. The van der Waals surface area contributed by atoms with Gasteiger partial charge in [0.25, 0.3) is 0 Å². The SMILES string of the molecule is CC/C=C\C/C=C\C/C=C\CCCCCCCCCC(=O)OCC(COC(=O)CCCCCCC)OC(=O)CCCCCCC/C=C\C/C=C\CCC. The molecule has 53 heavy (non-hydrogen) atoms. The Labute approximate surface area is 326 Å². The van der Waals surface area contributed by atoms with E-state index < -0.39 is 6.10 Å². The summed E-state index contributed by atoms with van der Waals surface area (Å²) in [5.74, 6) is -0.929. The van der Waals surface area contributed by atoms with Gasteiger partial charge in [0.2, 0.25) is 0 Å². The zero-order valence-corrected chi connectivity index (χ0v) is 34.5. The van der Waals surface area contributed by atoms with E-state index in [4.69, 9.17) is 14.2 Å². The smallest absolute Gasteiger partial charge is 0.306 e. The van der Waals surface area contributed by atoms with E-state index in [1.807, 2.05) is 0 Å². The number of ether oxygens (including phenoxy) is 3. The van der Waals surface area contributed by atoms with E-state index in [2.05, 4.69) is 81.5 Å². The van der Waals surface area contributed by atoms with Crippen molar-refractivity contribution < 1.29 is 28.6 Å². The first-order chi connectivity index (χ1) is 26.0. The summed E-state index contributed by atoms with van der Waals surface area (Å²) in [4.78, 5) is 37.4. The quantitative estimate of drug-likeness (QED) is 0.0271. The van der Waals surface area contributed by atoms with Crippen molar-refractivity contribution in [2.24, 2.45) is 0 Å². The molecular formula is C47H80O6. The van der Waals surface area contributed by atoms with Crippen LogP contribution in [-0.2, 0) is 28.6 Å². The van der Waals surface area contributed by atoms with Gasteiger partial charge in [0.15, 0.2) is 6.10 Å². The summed E-state index contributed by atoms with van der Waals surface area (Å²) in [6.07, 6.45) is 49.4. The molecule has 0 saturated carbocycles. The van der Waals surface area contributed by atoms with Gasteiger partial charge in [0.1, 0.15) is 13.2 Å². The summed E-state index contributed by atoms with van der Waals surface area (Å²) < 4.78 is 16.6. The van der Waals surface area contributed by atoms with Crippen molar-refractivity contribution in [3.8, 4) is 0 Å². The summed E-state index contributed by atoms with van der Waals surface area (Å²) in [5, 5.41) is 0. The second kappa shape index (κ2) is 41.9. The lowest BCUT2D eigenvalue weighted by molar-refractivity contribution is -0.167. The standard InChI is InChI=1S/C47H80O6/c1-4-7-10-13-15-17-19-21-22-23-24-26-27-29-31-34-37-40-46(49)52-43-44(42-51-45(48)39-36-33-12-9-6-3)53-47(50)41-38-35-32-30-28-25-20-18-16-14-11-8-5-2/h7,10-11,14-15,17-18,20-22,44H,4-6,8-9,12-13,16,19,23-43H2,1-3H3/b10-7-,14-11-,17-15-,20-18-,22-21-. The Morgan fingerprint density at radius 2 is 0.774 bits per heavy atom. The molecule has 0 aromatic carbocycles. The molecule has 0 fully saturated rings. The fraction of sp³-hybridized carbons (Fsp3) is 0.723. The lowest BCUT2D eigenvalue weighted by atomic mass is 10.1. The van der Waals surface area contributed by atoms with Gasteiger partial charge in [-0.15, -0.1) is 0 Å². The lowest BCUT2D eigenvalue weighted by Gasteiger charge is -2.18. The molecule has 0 heterocycles. The Kier molecular flexibility index (Phi) is 39.6. The largest absolute Gasteiger partial charge is 0.462 e. The number of carbonyl (C=O) groups is 3. The number of carbonyl (C=O) groups excluding carboxylic acids is 3. The molecule has 6 heteroatoms. The van der Waals surface area contributed by atoms with Gasteiger partial charge in [0.05, 0.1) is 0 Å². The highest BCUT2D eigenvalue weighted by atomic mass is 16.6. The number of allylic oxidation sites excluding steroid dienone is 10. The van der Waals surface area contributed by atoms with E-state index in [9.17, 15) is 14.4 Å². The third-order valence-corrected chi connectivity index (χ3v) is 8.99. The van der Waals surface area contributed by atoms with E-state index in [1.54, 1.807) is 0 Å². The predicted octanol–water partition coefficient (Wildman–Crippen LogP) is 13.7. The van der Waals surface area contributed by atoms with Crippen LogP contribution < -0.4 is 0 Å². The summed E-state index contributed by atoms with van der Waals surface area (Å²) in [6, 6.07) is 0. The Morgan fingerprint density at radius 1 is 0.396 bits per heavy atom. The first-order valence-corrected chi connectivity index (χ1v) is 21.8. The lowest BCUT2D eigenvalue weighted by Crippen LogP contribution is -2.30. The van der Waals surface area contributed by atoms with E-state index in [0.29, 0.717) is 19.3 Å². The fourth-order valence-electron chi connectivity index (χ4n) is 5.73. The summed E-state index contributed by atoms with van der Waals surface area (Å²) in [6.45, 7) is 6.34. The summed E-state index contributed by atoms with van der Waals surface area (Å²) >= 11 is 0. The Morgan fingerprint density at radius 3 is 1.23 bits per heavy atom. The van der Waals surface area contributed by atoms with Crippen LogP contribution in [0.3, 0.4) is 0 Å². The summed E-state index contributed by atoms with van der Waals surface area (Å²) in [7, 11) is 0. The van der Waals surface area contributed by atoms with Crippen LogP contribution in [0.2, 0.25) is 0 Å². The first-order valence-electron chi connectivity index (χ1n) is 21.8. The molecule has 6 nitrogen and oxygen atoms in total. The van der Waals surface area contributed by atoms with Gasteiger partial charge >= 0.3 is 17.9 Å². The minimum absolute atomic E-state index is 0.0848. The van der Waals surface area contributed by atoms with Gasteiger partial charge in [-0.25, -0.2) is 0 Å². The maximum atomic E-state index is 12.6. The molecule has 0 aromatic heterocycles. The number of hydrogen-bond donors (Lipinski definition) is 0. The van der Waals surface area contributed by atoms with Crippen molar-refractivity contribution in [1.82, 2.24) is 0 Å². The maximum Gasteiger partial charge on any atom is 0.306 e. The molecule has 0 bridgehead atoms. The van der Waals surface area contributed by atoms with Gasteiger partial charge in [-0.05, 0) is 77.0 Å². The van der Waals surface area contributed by atoms with Crippen LogP contribution in [0.5, 0.6) is 0 Å². The van der Waals surface area contributed by atoms with E-state index in [1.165, 1.54) is 38.5 Å². The third-order valence-electron chi connectivity index (χ3n) is 8.99. The molecule has 0 aromatic rings. The zero-order valence-electron chi connectivity index (χ0n) is 34.5. The van der Waals surface area contributed by atoms with Crippen molar-refractivity contribution in [2.75, 3.05) is 13.2 Å². The Bertz CT molecular complexity index is 991. The molecule has 304 valence electrons. The zero-order chi connectivity index (χ0) is 38.7. The molecule has 0 rings (SSSR count). The topological polar surface area (TPSA) is 78.9 Å². The first kappa shape index (κ1) is 50.1. The van der Waals surface area contributed by atoms with Gasteiger partial charge in [-0.2, -0.15) is 0 Å². The molecule has 0 aliphatic heterocycles. The van der Waals surface area contributed by atoms with Crippen molar-refractivity contribution in [1.29, 1.82) is 0 Å². The van der Waals surface area contributed by atoms with E-state index in [0.717, 1.165) is 122 Å². The van der Waals surface area contributed by atoms with Crippen LogP contribution in [0.15, 0.2) is 60.8 Å². The number of rotatable bonds is 38. The van der Waals surface area contributed by atoms with Gasteiger partial charge in [-0.1, -0.05) is 165 Å². The molecule has 0 amide bonds. The van der Waals surface area contributed by atoms with Crippen LogP contribution in [0, 0.1) is 0 Å². The fourth-order valence-corrected chi connectivity index (χ4v) is 5.73. The highest BCUT2D eigenvalue weighted by Crippen LogP contribution is 2.13. The molecule has 1 atom stereocenters. The van der Waals surface area contributed by atoms with Crippen molar-refractivity contribution in [3.05, 3.63) is 60.8 Å². The van der Waals surface area contributed by atoms with Crippen molar-refractivity contribution in [2.45, 2.75) is 207 Å². The average molecular weight is 741 g/mol. The molecule has 1 unspecified atom stereocenters. The number of esters is 3. The third kappa shape index (κ3) is 40.1. The highest BCUT2D eigenvalue weighted by molar-refractivity contribution is 5.71. The van der Waals surface area contributed by atoms with E-state index >= 15 is 0 Å². The van der Waals surface area contributed by atoms with Crippen LogP contribution in [0.4, 0.5) is 0 Å². The monoisotopic (exact) mass is 741 g/mol.